The van der Waals surface area contributed by atoms with E-state index in [1.165, 1.54) is 6.42 Å². The van der Waals surface area contributed by atoms with Gasteiger partial charge < -0.3 is 0 Å². The van der Waals surface area contributed by atoms with Crippen LogP contribution in [0.2, 0.25) is 0 Å². The van der Waals surface area contributed by atoms with Crippen LogP contribution >= 0.6 is 0 Å². The highest BCUT2D eigenvalue weighted by Gasteiger charge is 2.19. The zero-order valence-corrected chi connectivity index (χ0v) is 7.22. The van der Waals surface area contributed by atoms with E-state index in [4.69, 9.17) is 5.26 Å². The maximum absolute atomic E-state index is 8.43. The Bertz CT molecular complexity index is 112. The average Bonchev–Trinajstić information content (AvgIpc) is 2.40. The molecule has 0 aliphatic heterocycles. The molecule has 1 rings (SSSR count). The van der Waals surface area contributed by atoms with Gasteiger partial charge in [0.15, 0.2) is 0 Å². The van der Waals surface area contributed by atoms with Gasteiger partial charge in [0.2, 0.25) is 0 Å². The normalized spacial score (nSPS) is 30.2. The molecule has 1 aliphatic carbocycles. The summed E-state index contributed by atoms with van der Waals surface area (Å²) >= 11 is 0. The molecule has 1 heteroatoms. The minimum atomic E-state index is 0.380. The summed E-state index contributed by atoms with van der Waals surface area (Å²) in [6.07, 6.45) is 3.53. The maximum atomic E-state index is 8.43. The number of nitriles is 1. The predicted octanol–water partition coefficient (Wildman–Crippen LogP) is 2.97. The van der Waals surface area contributed by atoms with Crippen molar-refractivity contribution >= 4 is 0 Å². The van der Waals surface area contributed by atoms with E-state index in [-0.39, 0.29) is 0 Å². The third kappa shape index (κ3) is 2.87. The summed E-state index contributed by atoms with van der Waals surface area (Å²) in [6.45, 7) is 6.22. The van der Waals surface area contributed by atoms with Gasteiger partial charge in [0.05, 0.1) is 6.07 Å². The quantitative estimate of drug-likeness (QED) is 0.506. The van der Waals surface area contributed by atoms with Crippen LogP contribution in [-0.2, 0) is 0 Å². The largest absolute Gasteiger partial charge is 0.198 e. The lowest BCUT2D eigenvalue weighted by atomic mass is 10.1. The van der Waals surface area contributed by atoms with Gasteiger partial charge >= 0.3 is 0 Å². The monoisotopic (exact) mass is 139 g/mol. The highest BCUT2D eigenvalue weighted by Crippen LogP contribution is 2.29. The summed E-state index contributed by atoms with van der Waals surface area (Å²) in [7, 11) is 0. The molecule has 1 aliphatic rings. The predicted molar refractivity (Wildman–Crippen MR) is 43.5 cm³/mol. The molecule has 1 unspecified atom stereocenters. The lowest BCUT2D eigenvalue weighted by Crippen LogP contribution is -1.87. The second kappa shape index (κ2) is 5.29. The third-order valence-corrected chi connectivity index (χ3v) is 1.88. The lowest BCUT2D eigenvalue weighted by molar-refractivity contribution is 0.590. The second-order valence-electron chi connectivity index (χ2n) is 2.74. The first-order valence-corrected chi connectivity index (χ1v) is 4.22. The van der Waals surface area contributed by atoms with Gasteiger partial charge in [0.1, 0.15) is 0 Å². The molecule has 0 aromatic carbocycles. The number of rotatable bonds is 0. The van der Waals surface area contributed by atoms with Crippen molar-refractivity contribution < 1.29 is 0 Å². The van der Waals surface area contributed by atoms with E-state index in [0.717, 1.165) is 18.8 Å². The number of hydrogen-bond donors (Lipinski definition) is 0. The fraction of sp³-hybridized carbons (Fsp3) is 0.889. The van der Waals surface area contributed by atoms with Crippen LogP contribution in [0.4, 0.5) is 0 Å². The summed E-state index contributed by atoms with van der Waals surface area (Å²) in [5, 5.41) is 8.43. The van der Waals surface area contributed by atoms with E-state index in [2.05, 4.69) is 13.0 Å². The fourth-order valence-corrected chi connectivity index (χ4v) is 1.32. The zero-order valence-electron chi connectivity index (χ0n) is 7.22. The summed E-state index contributed by atoms with van der Waals surface area (Å²) in [4.78, 5) is 0. The molecule has 58 valence electrons. The van der Waals surface area contributed by atoms with Crippen molar-refractivity contribution in [1.82, 2.24) is 0 Å². The lowest BCUT2D eigenvalue weighted by Gasteiger charge is -1.94. The molecule has 0 N–H and O–H groups in total. The summed E-state index contributed by atoms with van der Waals surface area (Å²) in [5.74, 6) is 1.18. The van der Waals surface area contributed by atoms with E-state index in [1.54, 1.807) is 0 Å². The first-order chi connectivity index (χ1) is 4.83. The number of nitrogens with zero attached hydrogens (tertiary/aromatic N) is 1. The minimum Gasteiger partial charge on any atom is -0.198 e. The first kappa shape index (κ1) is 9.49. The molecule has 0 saturated heterocycles. The molecule has 0 radical (unpaired) electrons. The van der Waals surface area contributed by atoms with Crippen molar-refractivity contribution in [2.45, 2.75) is 40.0 Å². The SMILES string of the molecule is CC.C[C@@H]1CCC(C#N)C1. The molecule has 1 fully saturated rings. The van der Waals surface area contributed by atoms with Crippen LogP contribution in [-0.4, -0.2) is 0 Å². The zero-order chi connectivity index (χ0) is 7.98. The van der Waals surface area contributed by atoms with E-state index in [9.17, 15) is 0 Å². The Labute approximate surface area is 64.1 Å². The van der Waals surface area contributed by atoms with Crippen LogP contribution in [0.5, 0.6) is 0 Å². The Morgan fingerprint density at radius 1 is 1.30 bits per heavy atom. The third-order valence-electron chi connectivity index (χ3n) is 1.88. The van der Waals surface area contributed by atoms with Crippen LogP contribution < -0.4 is 0 Å². The van der Waals surface area contributed by atoms with Gasteiger partial charge in [-0.2, -0.15) is 5.26 Å². The standard InChI is InChI=1S/C7H11N.C2H6/c1-6-2-3-7(4-6)5-8;1-2/h6-7H,2-4H2,1H3;1-2H3/t6-,7?;/m1./s1. The highest BCUT2D eigenvalue weighted by molar-refractivity contribution is 4.88. The van der Waals surface area contributed by atoms with Gasteiger partial charge in [-0.05, 0) is 25.2 Å². The Morgan fingerprint density at radius 2 is 1.90 bits per heavy atom. The van der Waals surface area contributed by atoms with Crippen molar-refractivity contribution in [2.75, 3.05) is 0 Å². The molecule has 0 amide bonds. The smallest absolute Gasteiger partial charge is 0.0655 e. The Hall–Kier alpha value is -0.510. The second-order valence-corrected chi connectivity index (χ2v) is 2.74. The van der Waals surface area contributed by atoms with Crippen molar-refractivity contribution in [3.63, 3.8) is 0 Å². The van der Waals surface area contributed by atoms with Gasteiger partial charge in [-0.15, -0.1) is 0 Å². The van der Waals surface area contributed by atoms with E-state index in [0.29, 0.717) is 5.92 Å². The topological polar surface area (TPSA) is 23.8 Å². The molecular formula is C9H17N. The van der Waals surface area contributed by atoms with Crippen LogP contribution in [0.15, 0.2) is 0 Å². The highest BCUT2D eigenvalue weighted by atomic mass is 14.3. The van der Waals surface area contributed by atoms with Crippen molar-refractivity contribution in [3.05, 3.63) is 0 Å². The van der Waals surface area contributed by atoms with E-state index in [1.807, 2.05) is 13.8 Å². The van der Waals surface area contributed by atoms with Crippen LogP contribution in [0.25, 0.3) is 0 Å². The molecular weight excluding hydrogens is 122 g/mol. The molecule has 1 saturated carbocycles. The summed E-state index contributed by atoms with van der Waals surface area (Å²) in [6, 6.07) is 2.29. The Morgan fingerprint density at radius 3 is 2.10 bits per heavy atom. The summed E-state index contributed by atoms with van der Waals surface area (Å²) in [5.41, 5.74) is 0. The molecule has 2 atom stereocenters. The molecule has 10 heavy (non-hydrogen) atoms. The van der Waals surface area contributed by atoms with Gasteiger partial charge in [0.25, 0.3) is 0 Å². The molecule has 1 nitrogen and oxygen atoms in total. The Balaban J connectivity index is 0.000000371. The van der Waals surface area contributed by atoms with Gasteiger partial charge in [-0.25, -0.2) is 0 Å². The van der Waals surface area contributed by atoms with Crippen molar-refractivity contribution in [2.24, 2.45) is 11.8 Å². The minimum absolute atomic E-state index is 0.380. The van der Waals surface area contributed by atoms with Gasteiger partial charge in [-0.3, -0.25) is 0 Å². The molecule has 0 aromatic heterocycles. The maximum Gasteiger partial charge on any atom is 0.0655 e. The molecule has 0 bridgehead atoms. The van der Waals surface area contributed by atoms with E-state index >= 15 is 0 Å². The Kier molecular flexibility index (Phi) is 5.02. The van der Waals surface area contributed by atoms with Gasteiger partial charge in [0, 0.05) is 5.92 Å². The van der Waals surface area contributed by atoms with Crippen LogP contribution in [0, 0.1) is 23.2 Å². The average molecular weight is 139 g/mol. The molecule has 0 heterocycles. The fourth-order valence-electron chi connectivity index (χ4n) is 1.32. The van der Waals surface area contributed by atoms with Crippen LogP contribution in [0.1, 0.15) is 40.0 Å². The van der Waals surface area contributed by atoms with Gasteiger partial charge in [-0.1, -0.05) is 20.8 Å². The number of hydrogen-bond acceptors (Lipinski definition) is 1. The summed E-state index contributed by atoms with van der Waals surface area (Å²) < 4.78 is 0. The van der Waals surface area contributed by atoms with E-state index < -0.39 is 0 Å². The molecule has 0 spiro atoms. The van der Waals surface area contributed by atoms with Crippen LogP contribution in [0.3, 0.4) is 0 Å². The van der Waals surface area contributed by atoms with Crippen molar-refractivity contribution in [1.29, 1.82) is 5.26 Å². The first-order valence-electron chi connectivity index (χ1n) is 4.22. The van der Waals surface area contributed by atoms with Crippen molar-refractivity contribution in [3.8, 4) is 6.07 Å². The molecule has 0 aromatic rings.